The van der Waals surface area contributed by atoms with Gasteiger partial charge in [-0.15, -0.1) is 6.58 Å². The van der Waals surface area contributed by atoms with Crippen LogP contribution in [0.2, 0.25) is 0 Å². The maximum Gasteiger partial charge on any atom is 0.187 e. The first kappa shape index (κ1) is 20.4. The predicted molar refractivity (Wildman–Crippen MR) is 110 cm³/mol. The molecule has 0 saturated heterocycles. The molecule has 0 aliphatic carbocycles. The molecule has 0 amide bonds. The minimum atomic E-state index is -0.300. The van der Waals surface area contributed by atoms with Gasteiger partial charge in [-0.25, -0.2) is 4.39 Å². The largest absolute Gasteiger partial charge is 0.490 e. The topological polar surface area (TPSA) is 54.9 Å². The smallest absolute Gasteiger partial charge is 0.187 e. The van der Waals surface area contributed by atoms with Crippen LogP contribution < -0.4 is 20.2 Å². The Morgan fingerprint density at radius 2 is 2.04 bits per heavy atom. The van der Waals surface area contributed by atoms with Gasteiger partial charge in [0.1, 0.15) is 12.4 Å². The molecule has 27 heavy (non-hydrogen) atoms. The summed E-state index contributed by atoms with van der Waals surface area (Å²) >= 11 is 5.06. The van der Waals surface area contributed by atoms with Crippen molar-refractivity contribution in [2.24, 2.45) is 5.10 Å². The van der Waals surface area contributed by atoms with Crippen molar-refractivity contribution >= 4 is 23.5 Å². The molecule has 0 unspecified atom stereocenters. The maximum absolute atomic E-state index is 13.7. The van der Waals surface area contributed by atoms with Crippen LogP contribution in [0.25, 0.3) is 0 Å². The number of hydrogen-bond acceptors (Lipinski definition) is 4. The number of benzene rings is 2. The van der Waals surface area contributed by atoms with Gasteiger partial charge in [-0.05, 0) is 49.0 Å². The molecule has 5 nitrogen and oxygen atoms in total. The fourth-order valence-corrected chi connectivity index (χ4v) is 2.27. The van der Waals surface area contributed by atoms with E-state index in [0.29, 0.717) is 35.3 Å². The average Bonchev–Trinajstić information content (AvgIpc) is 2.67. The van der Waals surface area contributed by atoms with Gasteiger partial charge in [0.25, 0.3) is 0 Å². The predicted octanol–water partition coefficient (Wildman–Crippen LogP) is 3.79. The highest BCUT2D eigenvalue weighted by atomic mass is 32.1. The summed E-state index contributed by atoms with van der Waals surface area (Å²) in [4.78, 5) is 0. The van der Waals surface area contributed by atoms with Crippen molar-refractivity contribution in [1.29, 1.82) is 0 Å². The van der Waals surface area contributed by atoms with Gasteiger partial charge in [-0.3, -0.25) is 5.43 Å². The summed E-state index contributed by atoms with van der Waals surface area (Å²) in [6.45, 7) is 6.63. The second kappa shape index (κ2) is 10.9. The number of rotatable bonds is 9. The minimum Gasteiger partial charge on any atom is -0.490 e. The SMILES string of the molecule is C=CCNC(=S)NN=Cc1ccc(OCc2ccccc2F)c(OCC)c1. The summed E-state index contributed by atoms with van der Waals surface area (Å²) in [6, 6.07) is 11.9. The van der Waals surface area contributed by atoms with E-state index in [9.17, 15) is 4.39 Å². The van der Waals surface area contributed by atoms with Crippen molar-refractivity contribution in [3.63, 3.8) is 0 Å². The van der Waals surface area contributed by atoms with Gasteiger partial charge in [0.2, 0.25) is 0 Å². The first-order valence-corrected chi connectivity index (χ1v) is 8.85. The van der Waals surface area contributed by atoms with Gasteiger partial charge >= 0.3 is 0 Å². The minimum absolute atomic E-state index is 0.116. The van der Waals surface area contributed by atoms with Crippen LogP contribution >= 0.6 is 12.2 Å². The second-order valence-corrected chi connectivity index (χ2v) is 5.80. The third-order valence-corrected chi connectivity index (χ3v) is 3.63. The summed E-state index contributed by atoms with van der Waals surface area (Å²) < 4.78 is 25.1. The monoisotopic (exact) mass is 387 g/mol. The molecule has 0 aromatic heterocycles. The van der Waals surface area contributed by atoms with E-state index in [2.05, 4.69) is 22.4 Å². The van der Waals surface area contributed by atoms with E-state index >= 15 is 0 Å². The summed E-state index contributed by atoms with van der Waals surface area (Å²) in [5, 5.41) is 7.38. The zero-order valence-corrected chi connectivity index (χ0v) is 15.9. The Morgan fingerprint density at radius 1 is 1.22 bits per heavy atom. The lowest BCUT2D eigenvalue weighted by molar-refractivity contribution is 0.266. The normalized spacial score (nSPS) is 10.4. The molecule has 0 bridgehead atoms. The number of hydrazone groups is 1. The Balaban J connectivity index is 2.03. The molecule has 142 valence electrons. The zero-order chi connectivity index (χ0) is 19.5. The van der Waals surface area contributed by atoms with Crippen molar-refractivity contribution in [3.05, 3.63) is 72.1 Å². The standard InChI is InChI=1S/C20H22FN3O2S/c1-3-11-22-20(27)24-23-13-15-9-10-18(19(12-15)25-4-2)26-14-16-7-5-6-8-17(16)21/h3,5-10,12-13H,1,4,11,14H2,2H3,(H2,22,24,27). The van der Waals surface area contributed by atoms with E-state index < -0.39 is 0 Å². The van der Waals surface area contributed by atoms with Crippen molar-refractivity contribution in [3.8, 4) is 11.5 Å². The molecule has 2 aromatic carbocycles. The molecular formula is C20H22FN3O2S. The van der Waals surface area contributed by atoms with Crippen LogP contribution in [0.15, 0.2) is 60.2 Å². The third-order valence-electron chi connectivity index (χ3n) is 3.40. The van der Waals surface area contributed by atoms with Crippen LogP contribution in [0.5, 0.6) is 11.5 Å². The highest BCUT2D eigenvalue weighted by molar-refractivity contribution is 7.80. The lowest BCUT2D eigenvalue weighted by atomic mass is 10.2. The van der Waals surface area contributed by atoms with Gasteiger partial charge in [-0.1, -0.05) is 24.3 Å². The molecule has 0 aliphatic heterocycles. The zero-order valence-electron chi connectivity index (χ0n) is 15.1. The number of hydrogen-bond donors (Lipinski definition) is 2. The second-order valence-electron chi connectivity index (χ2n) is 5.39. The van der Waals surface area contributed by atoms with Crippen LogP contribution in [0.4, 0.5) is 4.39 Å². The Labute approximate surface area is 163 Å². The molecule has 2 aromatic rings. The number of nitrogens with zero attached hydrogens (tertiary/aromatic N) is 1. The summed E-state index contributed by atoms with van der Waals surface area (Å²) in [5.41, 5.74) is 4.00. The van der Waals surface area contributed by atoms with Crippen molar-refractivity contribution in [1.82, 2.24) is 10.7 Å². The summed E-state index contributed by atoms with van der Waals surface area (Å²) in [5.74, 6) is 0.796. The number of halogens is 1. The first-order chi connectivity index (χ1) is 13.1. The van der Waals surface area contributed by atoms with Gasteiger partial charge in [0, 0.05) is 12.1 Å². The van der Waals surface area contributed by atoms with E-state index in [-0.39, 0.29) is 12.4 Å². The Morgan fingerprint density at radius 3 is 2.78 bits per heavy atom. The van der Waals surface area contributed by atoms with Crippen LogP contribution in [-0.4, -0.2) is 24.5 Å². The highest BCUT2D eigenvalue weighted by Gasteiger charge is 2.08. The number of thiocarbonyl (C=S) groups is 1. The van der Waals surface area contributed by atoms with E-state index in [0.717, 1.165) is 5.56 Å². The first-order valence-electron chi connectivity index (χ1n) is 8.45. The van der Waals surface area contributed by atoms with E-state index in [4.69, 9.17) is 21.7 Å². The molecule has 2 rings (SSSR count). The highest BCUT2D eigenvalue weighted by Crippen LogP contribution is 2.29. The van der Waals surface area contributed by atoms with Crippen LogP contribution in [0.3, 0.4) is 0 Å². The molecule has 7 heteroatoms. The number of nitrogens with one attached hydrogen (secondary N) is 2. The fraction of sp³-hybridized carbons (Fsp3) is 0.200. The Bertz CT molecular complexity index is 812. The summed E-state index contributed by atoms with van der Waals surface area (Å²) in [7, 11) is 0. The molecule has 0 spiro atoms. The van der Waals surface area contributed by atoms with Crippen molar-refractivity contribution in [2.45, 2.75) is 13.5 Å². The van der Waals surface area contributed by atoms with E-state index in [1.807, 2.05) is 13.0 Å². The van der Waals surface area contributed by atoms with Crippen LogP contribution in [0, 0.1) is 5.82 Å². The molecule has 0 radical (unpaired) electrons. The fourth-order valence-electron chi connectivity index (χ4n) is 2.13. The molecule has 0 heterocycles. The van der Waals surface area contributed by atoms with Gasteiger partial charge in [0.05, 0.1) is 12.8 Å². The van der Waals surface area contributed by atoms with Gasteiger partial charge in [0.15, 0.2) is 16.6 Å². The summed E-state index contributed by atoms with van der Waals surface area (Å²) in [6.07, 6.45) is 3.32. The Hall–Kier alpha value is -2.93. The van der Waals surface area contributed by atoms with Crippen LogP contribution in [-0.2, 0) is 6.61 Å². The van der Waals surface area contributed by atoms with Crippen molar-refractivity contribution < 1.29 is 13.9 Å². The molecular weight excluding hydrogens is 365 g/mol. The van der Waals surface area contributed by atoms with E-state index in [1.165, 1.54) is 6.07 Å². The lowest BCUT2D eigenvalue weighted by Crippen LogP contribution is -2.31. The lowest BCUT2D eigenvalue weighted by Gasteiger charge is -2.13. The van der Waals surface area contributed by atoms with Gasteiger partial charge < -0.3 is 14.8 Å². The Kier molecular flexibility index (Phi) is 8.25. The molecule has 0 atom stereocenters. The molecule has 0 aliphatic rings. The molecule has 0 saturated carbocycles. The molecule has 0 fully saturated rings. The third kappa shape index (κ3) is 6.71. The van der Waals surface area contributed by atoms with Crippen molar-refractivity contribution in [2.75, 3.05) is 13.2 Å². The quantitative estimate of drug-likeness (QED) is 0.297. The average molecular weight is 387 g/mol. The van der Waals surface area contributed by atoms with Gasteiger partial charge in [-0.2, -0.15) is 5.10 Å². The maximum atomic E-state index is 13.7. The molecule has 2 N–H and O–H groups in total. The van der Waals surface area contributed by atoms with E-state index in [1.54, 1.807) is 42.6 Å². The van der Waals surface area contributed by atoms with Crippen LogP contribution in [0.1, 0.15) is 18.1 Å². The number of ether oxygens (including phenoxy) is 2.